The van der Waals surface area contributed by atoms with E-state index in [0.717, 1.165) is 0 Å². The Bertz CT molecular complexity index is 584. The van der Waals surface area contributed by atoms with Crippen molar-refractivity contribution >= 4 is 29.5 Å². The Hall–Kier alpha value is -1.43. The molecule has 0 spiro atoms. The van der Waals surface area contributed by atoms with Gasteiger partial charge in [0.05, 0.1) is 22.3 Å². The monoisotopic (exact) mass is 285 g/mol. The zero-order chi connectivity index (χ0) is 13.1. The fourth-order valence-corrected chi connectivity index (χ4v) is 1.79. The summed E-state index contributed by atoms with van der Waals surface area (Å²) in [5.41, 5.74) is 1.46. The van der Waals surface area contributed by atoms with E-state index in [9.17, 15) is 4.79 Å². The molecule has 0 aliphatic heterocycles. The van der Waals surface area contributed by atoms with E-state index >= 15 is 0 Å². The Morgan fingerprint density at radius 3 is 2.78 bits per heavy atom. The number of methoxy groups -OCH3 is 1. The number of halogens is 2. The SMILES string of the molecule is COCc1c(C=O)nnn1-c1ccc(Cl)c(Cl)c1. The van der Waals surface area contributed by atoms with Crippen LogP contribution in [-0.4, -0.2) is 28.4 Å². The van der Waals surface area contributed by atoms with Crippen LogP contribution in [-0.2, 0) is 11.3 Å². The third-order valence-electron chi connectivity index (χ3n) is 2.33. The molecule has 0 amide bonds. The topological polar surface area (TPSA) is 57.0 Å². The van der Waals surface area contributed by atoms with Crippen molar-refractivity contribution in [1.82, 2.24) is 15.0 Å². The number of hydrogen-bond donors (Lipinski definition) is 0. The van der Waals surface area contributed by atoms with Gasteiger partial charge in [0.2, 0.25) is 0 Å². The van der Waals surface area contributed by atoms with Gasteiger partial charge in [-0.1, -0.05) is 28.4 Å². The number of hydrogen-bond acceptors (Lipinski definition) is 4. The van der Waals surface area contributed by atoms with E-state index in [2.05, 4.69) is 10.3 Å². The summed E-state index contributed by atoms with van der Waals surface area (Å²) in [6.07, 6.45) is 0.634. The summed E-state index contributed by atoms with van der Waals surface area (Å²) < 4.78 is 6.52. The second-order valence-electron chi connectivity index (χ2n) is 3.48. The number of carbonyl (C=O) groups excluding carboxylic acids is 1. The van der Waals surface area contributed by atoms with Crippen molar-refractivity contribution in [3.8, 4) is 5.69 Å². The highest BCUT2D eigenvalue weighted by atomic mass is 35.5. The molecule has 0 N–H and O–H groups in total. The minimum Gasteiger partial charge on any atom is -0.378 e. The van der Waals surface area contributed by atoms with E-state index in [4.69, 9.17) is 27.9 Å². The maximum atomic E-state index is 10.8. The van der Waals surface area contributed by atoms with Crippen LogP contribution in [0.2, 0.25) is 10.0 Å². The van der Waals surface area contributed by atoms with Crippen LogP contribution in [0, 0.1) is 0 Å². The van der Waals surface area contributed by atoms with Gasteiger partial charge in [0.1, 0.15) is 5.69 Å². The van der Waals surface area contributed by atoms with Gasteiger partial charge in [-0.25, -0.2) is 4.68 Å². The summed E-state index contributed by atoms with van der Waals surface area (Å²) in [5.74, 6) is 0. The van der Waals surface area contributed by atoms with Gasteiger partial charge in [-0.15, -0.1) is 5.10 Å². The number of aromatic nitrogens is 3. The van der Waals surface area contributed by atoms with Gasteiger partial charge < -0.3 is 4.74 Å². The maximum absolute atomic E-state index is 10.8. The van der Waals surface area contributed by atoms with Crippen molar-refractivity contribution in [1.29, 1.82) is 0 Å². The lowest BCUT2D eigenvalue weighted by molar-refractivity contribution is 0.111. The van der Waals surface area contributed by atoms with Crippen molar-refractivity contribution in [3.05, 3.63) is 39.6 Å². The van der Waals surface area contributed by atoms with Gasteiger partial charge in [0, 0.05) is 7.11 Å². The highest BCUT2D eigenvalue weighted by Gasteiger charge is 2.14. The van der Waals surface area contributed by atoms with Crippen molar-refractivity contribution in [2.75, 3.05) is 7.11 Å². The molecular formula is C11H9Cl2N3O2. The van der Waals surface area contributed by atoms with Gasteiger partial charge in [-0.3, -0.25) is 4.79 Å². The molecule has 5 nitrogen and oxygen atoms in total. The lowest BCUT2D eigenvalue weighted by Gasteiger charge is -2.06. The molecule has 0 saturated heterocycles. The van der Waals surface area contributed by atoms with E-state index in [1.54, 1.807) is 18.2 Å². The summed E-state index contributed by atoms with van der Waals surface area (Å²) >= 11 is 11.8. The van der Waals surface area contributed by atoms with Crippen molar-refractivity contribution in [2.45, 2.75) is 6.61 Å². The smallest absolute Gasteiger partial charge is 0.172 e. The number of aldehydes is 1. The van der Waals surface area contributed by atoms with Crippen LogP contribution in [0.1, 0.15) is 16.2 Å². The lowest BCUT2D eigenvalue weighted by Crippen LogP contribution is -2.04. The van der Waals surface area contributed by atoms with Crippen LogP contribution in [0.25, 0.3) is 5.69 Å². The van der Waals surface area contributed by atoms with E-state index < -0.39 is 0 Å². The number of benzene rings is 1. The van der Waals surface area contributed by atoms with Crippen LogP contribution in [0.15, 0.2) is 18.2 Å². The molecule has 0 fully saturated rings. The third kappa shape index (κ3) is 2.38. The Morgan fingerprint density at radius 1 is 1.39 bits per heavy atom. The summed E-state index contributed by atoms with van der Waals surface area (Å²) in [4.78, 5) is 10.8. The molecule has 0 aliphatic rings. The second-order valence-corrected chi connectivity index (χ2v) is 4.30. The van der Waals surface area contributed by atoms with Crippen molar-refractivity contribution in [2.24, 2.45) is 0 Å². The Labute approximate surface area is 113 Å². The fourth-order valence-electron chi connectivity index (χ4n) is 1.50. The average Bonchev–Trinajstić information content (AvgIpc) is 2.76. The molecule has 1 aromatic heterocycles. The molecule has 18 heavy (non-hydrogen) atoms. The molecule has 0 radical (unpaired) electrons. The van der Waals surface area contributed by atoms with Crippen LogP contribution >= 0.6 is 23.2 Å². The minimum absolute atomic E-state index is 0.224. The summed E-state index contributed by atoms with van der Waals surface area (Å²) in [6.45, 7) is 0.224. The summed E-state index contributed by atoms with van der Waals surface area (Å²) in [7, 11) is 1.53. The number of rotatable bonds is 4. The zero-order valence-electron chi connectivity index (χ0n) is 9.43. The molecule has 1 heterocycles. The van der Waals surface area contributed by atoms with E-state index in [1.807, 2.05) is 0 Å². The van der Waals surface area contributed by atoms with Gasteiger partial charge in [-0.05, 0) is 18.2 Å². The highest BCUT2D eigenvalue weighted by Crippen LogP contribution is 2.25. The largest absolute Gasteiger partial charge is 0.378 e. The minimum atomic E-state index is 0.224. The van der Waals surface area contributed by atoms with E-state index in [1.165, 1.54) is 11.8 Å². The Balaban J connectivity index is 2.52. The number of ether oxygens (including phenoxy) is 1. The van der Waals surface area contributed by atoms with Gasteiger partial charge >= 0.3 is 0 Å². The highest BCUT2D eigenvalue weighted by molar-refractivity contribution is 6.42. The quantitative estimate of drug-likeness (QED) is 0.810. The van der Waals surface area contributed by atoms with Gasteiger partial charge in [0.25, 0.3) is 0 Å². The molecule has 1 aromatic carbocycles. The number of nitrogens with zero attached hydrogens (tertiary/aromatic N) is 3. The molecule has 2 rings (SSSR count). The molecule has 0 unspecified atom stereocenters. The summed E-state index contributed by atoms with van der Waals surface area (Å²) in [5, 5.41) is 8.52. The van der Waals surface area contributed by atoms with E-state index in [-0.39, 0.29) is 12.3 Å². The van der Waals surface area contributed by atoms with Crippen LogP contribution < -0.4 is 0 Å². The standard InChI is InChI=1S/C11H9Cl2N3O2/c1-18-6-11-10(5-17)14-15-16(11)7-2-3-8(12)9(13)4-7/h2-5H,6H2,1H3. The predicted molar refractivity (Wildman–Crippen MR) is 67.5 cm³/mol. The van der Waals surface area contributed by atoms with Gasteiger partial charge in [-0.2, -0.15) is 0 Å². The van der Waals surface area contributed by atoms with E-state index in [0.29, 0.717) is 27.7 Å². The molecule has 0 aliphatic carbocycles. The molecule has 0 bridgehead atoms. The van der Waals surface area contributed by atoms with Gasteiger partial charge in [0.15, 0.2) is 12.0 Å². The first kappa shape index (κ1) is 13.0. The third-order valence-corrected chi connectivity index (χ3v) is 3.07. The first-order valence-corrected chi connectivity index (χ1v) is 5.77. The Kier molecular flexibility index (Phi) is 3.96. The zero-order valence-corrected chi connectivity index (χ0v) is 10.9. The number of carbonyl (C=O) groups is 1. The van der Waals surface area contributed by atoms with Crippen LogP contribution in [0.4, 0.5) is 0 Å². The Morgan fingerprint density at radius 2 is 2.17 bits per heavy atom. The molecule has 7 heteroatoms. The lowest BCUT2D eigenvalue weighted by atomic mass is 10.3. The average molecular weight is 286 g/mol. The van der Waals surface area contributed by atoms with Crippen molar-refractivity contribution < 1.29 is 9.53 Å². The molecular weight excluding hydrogens is 277 g/mol. The van der Waals surface area contributed by atoms with Crippen LogP contribution in [0.3, 0.4) is 0 Å². The predicted octanol–water partition coefficient (Wildman–Crippen LogP) is 2.53. The first-order chi connectivity index (χ1) is 8.67. The second kappa shape index (κ2) is 5.48. The van der Waals surface area contributed by atoms with Crippen molar-refractivity contribution in [3.63, 3.8) is 0 Å². The van der Waals surface area contributed by atoms with Crippen LogP contribution in [0.5, 0.6) is 0 Å². The summed E-state index contributed by atoms with van der Waals surface area (Å²) in [6, 6.07) is 5.03. The fraction of sp³-hybridized carbons (Fsp3) is 0.182. The molecule has 2 aromatic rings. The maximum Gasteiger partial charge on any atom is 0.172 e. The molecule has 0 atom stereocenters. The first-order valence-electron chi connectivity index (χ1n) is 5.01. The molecule has 94 valence electrons. The molecule has 0 saturated carbocycles. The normalized spacial score (nSPS) is 10.6.